The van der Waals surface area contributed by atoms with E-state index >= 15 is 0 Å². The number of primary amides is 1. The number of carbonyl (C=O) groups excluding carboxylic acids is 4. The lowest BCUT2D eigenvalue weighted by atomic mass is 9.99. The van der Waals surface area contributed by atoms with E-state index in [-0.39, 0.29) is 24.6 Å². The molecule has 0 bridgehead atoms. The van der Waals surface area contributed by atoms with Crippen LogP contribution < -0.4 is 16.4 Å². The van der Waals surface area contributed by atoms with Gasteiger partial charge in [-0.15, -0.1) is 0 Å². The molecule has 2 aromatic carbocycles. The van der Waals surface area contributed by atoms with Crippen LogP contribution in [0.25, 0.3) is 10.9 Å². The van der Waals surface area contributed by atoms with Crippen LogP contribution in [-0.4, -0.2) is 81.6 Å². The molecule has 0 aliphatic carbocycles. The minimum atomic E-state index is -1.27. The maximum atomic E-state index is 13.5. The highest BCUT2D eigenvalue weighted by molar-refractivity contribution is 6.01. The number of aliphatic hydroxyl groups is 1. The lowest BCUT2D eigenvalue weighted by Gasteiger charge is -2.32. The number of β-amino-alcohol motifs (C(OH)–C–C–N with tert-alkyl or cyclic N) is 1. The van der Waals surface area contributed by atoms with Gasteiger partial charge in [0.25, 0.3) is 5.91 Å². The van der Waals surface area contributed by atoms with E-state index in [1.54, 1.807) is 6.07 Å². The van der Waals surface area contributed by atoms with Crippen LogP contribution in [0.3, 0.4) is 0 Å². The normalized spacial score (nSPS) is 17.6. The Hall–Kier alpha value is -4.22. The van der Waals surface area contributed by atoms with Gasteiger partial charge in [-0.1, -0.05) is 48.5 Å². The third-order valence-electron chi connectivity index (χ3n) is 7.36. The number of likely N-dealkylation sites (tertiary alicyclic amines) is 1. The predicted molar refractivity (Wildman–Crippen MR) is 162 cm³/mol. The molecule has 0 radical (unpaired) electrons. The molecule has 3 amide bonds. The predicted octanol–water partition coefficient (Wildman–Crippen LogP) is 2.04. The maximum Gasteiger partial charge on any atom is 0.323 e. The summed E-state index contributed by atoms with van der Waals surface area (Å²) in [6.07, 6.45) is 0.146. The number of hydrogen-bond donors (Lipinski definition) is 5. The first-order valence-electron chi connectivity index (χ1n) is 14.6. The molecule has 11 nitrogen and oxygen atoms in total. The van der Waals surface area contributed by atoms with E-state index in [1.807, 2.05) is 80.3 Å². The van der Waals surface area contributed by atoms with Gasteiger partial charge in [0.1, 0.15) is 23.4 Å². The number of nitrogens with one attached hydrogen (secondary N) is 3. The molecule has 1 aliphatic rings. The standard InChI is InChI=1S/C32H41N5O6/c1-32(2,3)43-31(42)26-14-9-15-37(26)19-27(38)23(16-20-10-5-4-6-11-20)35-30(41)25(18-28(33)39)36-29(40)24-17-21-12-7-8-13-22(21)34-24/h4-8,10-13,17,23,25-27,34,38H,9,14-16,18-19H2,1-3H3,(H2,33,39)(H,35,41)(H,36,40)/t23-,25-,26-,27+/m0/s1. The molecule has 0 unspecified atom stereocenters. The molecule has 43 heavy (non-hydrogen) atoms. The van der Waals surface area contributed by atoms with Crippen LogP contribution in [0.2, 0.25) is 0 Å². The van der Waals surface area contributed by atoms with Crippen molar-refractivity contribution in [1.29, 1.82) is 0 Å². The first-order valence-corrected chi connectivity index (χ1v) is 14.6. The highest BCUT2D eigenvalue weighted by atomic mass is 16.6. The van der Waals surface area contributed by atoms with Crippen molar-refractivity contribution in [2.24, 2.45) is 5.73 Å². The van der Waals surface area contributed by atoms with Crippen molar-refractivity contribution in [2.45, 2.75) is 76.3 Å². The quantitative estimate of drug-likeness (QED) is 0.201. The fourth-order valence-corrected chi connectivity index (χ4v) is 5.33. The summed E-state index contributed by atoms with van der Waals surface area (Å²) < 4.78 is 5.60. The van der Waals surface area contributed by atoms with Crippen molar-refractivity contribution in [3.8, 4) is 0 Å². The Bertz CT molecular complexity index is 1400. The Kier molecular flexibility index (Phi) is 10.2. The number of para-hydroxylation sites is 1. The minimum absolute atomic E-state index is 0.115. The van der Waals surface area contributed by atoms with E-state index in [4.69, 9.17) is 10.5 Å². The number of carbonyl (C=O) groups is 4. The number of nitrogens with zero attached hydrogens (tertiary/aromatic N) is 1. The summed E-state index contributed by atoms with van der Waals surface area (Å²) in [5, 5.41) is 17.7. The molecule has 4 rings (SSSR count). The molecular formula is C32H41N5O6. The molecule has 230 valence electrons. The smallest absolute Gasteiger partial charge is 0.323 e. The highest BCUT2D eigenvalue weighted by Gasteiger charge is 2.37. The minimum Gasteiger partial charge on any atom is -0.459 e. The van der Waals surface area contributed by atoms with E-state index in [1.165, 1.54) is 0 Å². The molecule has 1 saturated heterocycles. The van der Waals surface area contributed by atoms with Gasteiger partial charge in [0, 0.05) is 17.4 Å². The van der Waals surface area contributed by atoms with Crippen molar-refractivity contribution in [1.82, 2.24) is 20.5 Å². The van der Waals surface area contributed by atoms with Crippen LogP contribution in [0.5, 0.6) is 0 Å². The molecule has 2 heterocycles. The summed E-state index contributed by atoms with van der Waals surface area (Å²) in [7, 11) is 0. The third kappa shape index (κ3) is 8.89. The molecule has 11 heteroatoms. The molecule has 1 fully saturated rings. The Morgan fingerprint density at radius 1 is 1.07 bits per heavy atom. The SMILES string of the molecule is CC(C)(C)OC(=O)[C@@H]1CCCN1C[C@@H](O)[C@H](Cc1ccccc1)NC(=O)[C@H](CC(N)=O)NC(=O)c1cc2ccccc2[nH]1. The van der Waals surface area contributed by atoms with Gasteiger partial charge in [-0.3, -0.25) is 24.1 Å². The molecule has 6 N–H and O–H groups in total. The van der Waals surface area contributed by atoms with Gasteiger partial charge in [0.15, 0.2) is 0 Å². The van der Waals surface area contributed by atoms with Crippen molar-refractivity contribution >= 4 is 34.6 Å². The van der Waals surface area contributed by atoms with Gasteiger partial charge >= 0.3 is 5.97 Å². The summed E-state index contributed by atoms with van der Waals surface area (Å²) in [4.78, 5) is 56.3. The first kappa shape index (κ1) is 31.7. The van der Waals surface area contributed by atoms with Crippen LogP contribution in [0, 0.1) is 0 Å². The number of ether oxygens (including phenoxy) is 1. The Balaban J connectivity index is 1.50. The third-order valence-corrected chi connectivity index (χ3v) is 7.36. The number of hydrogen-bond acceptors (Lipinski definition) is 7. The van der Waals surface area contributed by atoms with Gasteiger partial charge in [0.05, 0.1) is 18.6 Å². The van der Waals surface area contributed by atoms with Gasteiger partial charge in [0.2, 0.25) is 11.8 Å². The van der Waals surface area contributed by atoms with Crippen LogP contribution in [-0.2, 0) is 25.5 Å². The van der Waals surface area contributed by atoms with Crippen molar-refractivity contribution < 1.29 is 29.0 Å². The number of fused-ring (bicyclic) bond motifs is 1. The molecule has 4 atom stereocenters. The Morgan fingerprint density at radius 2 is 1.77 bits per heavy atom. The van der Waals surface area contributed by atoms with Crippen molar-refractivity contribution in [2.75, 3.05) is 13.1 Å². The second-order valence-corrected chi connectivity index (χ2v) is 12.0. The molecule has 0 saturated carbocycles. The van der Waals surface area contributed by atoms with Crippen LogP contribution in [0.4, 0.5) is 0 Å². The van der Waals surface area contributed by atoms with E-state index in [2.05, 4.69) is 15.6 Å². The zero-order chi connectivity index (χ0) is 31.1. The second kappa shape index (κ2) is 13.8. The first-order chi connectivity index (χ1) is 20.4. The second-order valence-electron chi connectivity index (χ2n) is 12.0. The van der Waals surface area contributed by atoms with E-state index < -0.39 is 54.0 Å². The zero-order valence-electron chi connectivity index (χ0n) is 24.8. The van der Waals surface area contributed by atoms with E-state index in [9.17, 15) is 24.3 Å². The average Bonchev–Trinajstić information content (AvgIpc) is 3.59. The van der Waals surface area contributed by atoms with Gasteiger partial charge in [-0.2, -0.15) is 0 Å². The highest BCUT2D eigenvalue weighted by Crippen LogP contribution is 2.22. The summed E-state index contributed by atoms with van der Waals surface area (Å²) in [6.45, 7) is 6.14. The molecule has 1 aliphatic heterocycles. The van der Waals surface area contributed by atoms with E-state index in [0.717, 1.165) is 22.9 Å². The number of amides is 3. The Labute approximate surface area is 251 Å². The monoisotopic (exact) mass is 591 g/mol. The zero-order valence-corrected chi connectivity index (χ0v) is 24.8. The lowest BCUT2D eigenvalue weighted by molar-refractivity contribution is -0.160. The molecule has 3 aromatic rings. The molecular weight excluding hydrogens is 550 g/mol. The number of aromatic amines is 1. The van der Waals surface area contributed by atoms with Gasteiger partial charge in [-0.25, -0.2) is 0 Å². The summed E-state index contributed by atoms with van der Waals surface area (Å²) in [5.74, 6) is -2.35. The summed E-state index contributed by atoms with van der Waals surface area (Å²) in [5.41, 5.74) is 6.65. The number of nitrogens with two attached hydrogens (primary N) is 1. The largest absolute Gasteiger partial charge is 0.459 e. The van der Waals surface area contributed by atoms with Crippen LogP contribution in [0.15, 0.2) is 60.7 Å². The molecule has 1 aromatic heterocycles. The number of aliphatic hydroxyl groups excluding tert-OH is 1. The van der Waals surface area contributed by atoms with Crippen LogP contribution >= 0.6 is 0 Å². The number of benzene rings is 2. The average molecular weight is 592 g/mol. The number of H-pyrrole nitrogens is 1. The van der Waals surface area contributed by atoms with Crippen LogP contribution in [0.1, 0.15) is 56.1 Å². The van der Waals surface area contributed by atoms with Crippen molar-refractivity contribution in [3.63, 3.8) is 0 Å². The maximum absolute atomic E-state index is 13.5. The topological polar surface area (TPSA) is 167 Å². The fraction of sp³-hybridized carbons (Fsp3) is 0.438. The summed E-state index contributed by atoms with van der Waals surface area (Å²) >= 11 is 0. The number of esters is 1. The Morgan fingerprint density at radius 3 is 2.44 bits per heavy atom. The van der Waals surface area contributed by atoms with Gasteiger partial charge in [-0.05, 0) is 64.3 Å². The van der Waals surface area contributed by atoms with Crippen molar-refractivity contribution in [3.05, 3.63) is 71.9 Å². The fourth-order valence-electron chi connectivity index (χ4n) is 5.33. The van der Waals surface area contributed by atoms with E-state index in [0.29, 0.717) is 13.0 Å². The number of rotatable bonds is 12. The molecule has 0 spiro atoms. The number of aromatic nitrogens is 1. The van der Waals surface area contributed by atoms with Gasteiger partial charge < -0.3 is 31.2 Å². The lowest BCUT2D eigenvalue weighted by Crippen LogP contribution is -2.56. The summed E-state index contributed by atoms with van der Waals surface area (Å²) in [6, 6.07) is 15.8.